The van der Waals surface area contributed by atoms with Crippen molar-refractivity contribution in [3.8, 4) is 11.5 Å². The van der Waals surface area contributed by atoms with Crippen LogP contribution < -0.4 is 14.8 Å². The maximum Gasteiger partial charge on any atom is 0.387 e. The Bertz CT molecular complexity index is 327. The molecule has 0 aliphatic heterocycles. The molecule has 0 saturated carbocycles. The van der Waals surface area contributed by atoms with E-state index in [1.165, 1.54) is 19.2 Å². The largest absolute Gasteiger partial charge is 0.497 e. The summed E-state index contributed by atoms with van der Waals surface area (Å²) in [7, 11) is 5.93. The van der Waals surface area contributed by atoms with Crippen LogP contribution >= 0.6 is 0 Å². The van der Waals surface area contributed by atoms with Crippen LogP contribution in [0.2, 0.25) is 0 Å². The molecule has 0 saturated heterocycles. The summed E-state index contributed by atoms with van der Waals surface area (Å²) in [5.41, 5.74) is 0. The Morgan fingerprint density at radius 2 is 1.81 bits per heavy atom. The third kappa shape index (κ3) is 16.0. The first-order valence-electron chi connectivity index (χ1n) is 5.89. The number of halogens is 2. The number of rotatable bonds is 5. The second-order valence-corrected chi connectivity index (χ2v) is 3.45. The van der Waals surface area contributed by atoms with Crippen LogP contribution in [0.3, 0.4) is 0 Å². The summed E-state index contributed by atoms with van der Waals surface area (Å²) in [5.74, 6) is 0.595. The second kappa shape index (κ2) is 17.9. The van der Waals surface area contributed by atoms with Crippen molar-refractivity contribution in [3.05, 3.63) is 38.2 Å². The summed E-state index contributed by atoms with van der Waals surface area (Å²) in [6, 6.07) is 6.53. The first kappa shape index (κ1) is 25.8. The summed E-state index contributed by atoms with van der Waals surface area (Å²) in [6.07, 6.45) is 0.906. The van der Waals surface area contributed by atoms with E-state index in [1.54, 1.807) is 12.1 Å². The van der Waals surface area contributed by atoms with E-state index in [0.29, 0.717) is 11.8 Å². The zero-order valence-electron chi connectivity index (χ0n) is 12.4. The van der Waals surface area contributed by atoms with Crippen molar-refractivity contribution < 1.29 is 60.7 Å². The van der Waals surface area contributed by atoms with Gasteiger partial charge in [0.15, 0.2) is 0 Å². The van der Waals surface area contributed by atoms with Crippen molar-refractivity contribution in [1.29, 1.82) is 0 Å². The summed E-state index contributed by atoms with van der Waals surface area (Å²) < 4.78 is 32.3. The zero-order chi connectivity index (χ0) is 16.0. The minimum Gasteiger partial charge on any atom is -0.497 e. The number of alkyl halides is 2. The number of aliphatic hydroxyl groups is 1. The van der Waals surface area contributed by atoms with Crippen molar-refractivity contribution in [1.82, 2.24) is 5.32 Å². The van der Waals surface area contributed by atoms with E-state index in [2.05, 4.69) is 24.0 Å². The molecule has 1 rings (SSSR count). The number of ether oxygens (including phenoxy) is 2. The Balaban J connectivity index is -0.000000309. The van der Waals surface area contributed by atoms with Gasteiger partial charge in [0.25, 0.3) is 0 Å². The molecule has 1 atom stereocenters. The van der Waals surface area contributed by atoms with Gasteiger partial charge in [0.2, 0.25) is 0 Å². The smallest absolute Gasteiger partial charge is 0.387 e. The van der Waals surface area contributed by atoms with Crippen LogP contribution in [0.25, 0.3) is 0 Å². The second-order valence-electron chi connectivity index (χ2n) is 3.45. The molecule has 1 aromatic rings. The van der Waals surface area contributed by atoms with E-state index in [-0.39, 0.29) is 43.1 Å². The van der Waals surface area contributed by atoms with E-state index in [0.717, 1.165) is 13.5 Å². The summed E-state index contributed by atoms with van der Waals surface area (Å²) in [5, 5.41) is 9.80. The fraction of sp³-hybridized carbons (Fsp3) is 0.429. The minimum atomic E-state index is -2.79. The summed E-state index contributed by atoms with van der Waals surface area (Å²) in [6.45, 7) is 2.90. The van der Waals surface area contributed by atoms with Crippen LogP contribution in [-0.4, -0.2) is 32.0 Å². The van der Waals surface area contributed by atoms with E-state index < -0.39 is 6.61 Å². The Morgan fingerprint density at radius 3 is 2.14 bits per heavy atom. The SMILES string of the molecule is CO.COc1cccc(OC(F)F)c1.[CH2-]C[C@H](C)N[CH2-].[Er]. The molecule has 21 heavy (non-hydrogen) atoms. The van der Waals surface area contributed by atoms with Gasteiger partial charge in [-0.2, -0.15) is 15.2 Å². The van der Waals surface area contributed by atoms with Crippen molar-refractivity contribution in [2.45, 2.75) is 26.0 Å². The molecule has 0 heterocycles. The molecule has 0 amide bonds. The van der Waals surface area contributed by atoms with Crippen molar-refractivity contribution >= 4 is 0 Å². The van der Waals surface area contributed by atoms with Gasteiger partial charge in [0.1, 0.15) is 11.5 Å². The van der Waals surface area contributed by atoms with Gasteiger partial charge in [-0.25, -0.2) is 0 Å². The fourth-order valence-electron chi connectivity index (χ4n) is 0.879. The molecule has 0 aliphatic carbocycles. The molecule has 0 unspecified atom stereocenters. The van der Waals surface area contributed by atoms with Gasteiger partial charge >= 0.3 is 6.61 Å². The molecule has 0 aliphatic rings. The van der Waals surface area contributed by atoms with Crippen molar-refractivity contribution in [2.24, 2.45) is 0 Å². The third-order valence-corrected chi connectivity index (χ3v) is 2.05. The van der Waals surface area contributed by atoms with E-state index in [9.17, 15) is 8.78 Å². The van der Waals surface area contributed by atoms with E-state index in [4.69, 9.17) is 9.84 Å². The number of hydrogen-bond donors (Lipinski definition) is 2. The van der Waals surface area contributed by atoms with Crippen LogP contribution in [0, 0.1) is 51.3 Å². The standard InChI is InChI=1S/C8H8F2O2.C5H11N.CH4O.Er/c1-11-6-3-2-4-7(5-6)12-8(9)10;1-4-5(2)6-3;1-2;/h2-5,8H,1H3;5-6H,1,3-4H2,2H3;2H,1H3;/q;-2;;/t;5-;;/m.0../s1. The van der Waals surface area contributed by atoms with Crippen molar-refractivity contribution in [2.75, 3.05) is 14.2 Å². The monoisotopic (exact) mass is 457 g/mol. The molecule has 0 bridgehead atoms. The van der Waals surface area contributed by atoms with Gasteiger partial charge in [-0.1, -0.05) is 19.0 Å². The van der Waals surface area contributed by atoms with Gasteiger partial charge in [0, 0.05) is 50.5 Å². The van der Waals surface area contributed by atoms with Crippen LogP contribution in [0.4, 0.5) is 8.78 Å². The van der Waals surface area contributed by atoms with Crippen LogP contribution in [-0.2, 0) is 0 Å². The Morgan fingerprint density at radius 1 is 1.29 bits per heavy atom. The number of hydrogen-bond acceptors (Lipinski definition) is 4. The Hall–Kier alpha value is -0.153. The van der Waals surface area contributed by atoms with Gasteiger partial charge in [0.05, 0.1) is 7.11 Å². The first-order valence-corrected chi connectivity index (χ1v) is 5.89. The Labute approximate surface area is 155 Å². The molecule has 0 fully saturated rings. The maximum absolute atomic E-state index is 11.7. The van der Waals surface area contributed by atoms with E-state index >= 15 is 0 Å². The maximum atomic E-state index is 11.7. The third-order valence-electron chi connectivity index (χ3n) is 2.05. The topological polar surface area (TPSA) is 50.7 Å². The molecule has 1 aromatic carbocycles. The normalized spacial score (nSPS) is 10.1. The van der Waals surface area contributed by atoms with Crippen LogP contribution in [0.1, 0.15) is 13.3 Å². The quantitative estimate of drug-likeness (QED) is 0.667. The summed E-state index contributed by atoms with van der Waals surface area (Å²) >= 11 is 0. The van der Waals surface area contributed by atoms with E-state index in [1.807, 2.05) is 6.92 Å². The van der Waals surface area contributed by atoms with Gasteiger partial charge in [-0.05, 0) is 12.1 Å². The number of benzene rings is 1. The molecule has 0 aromatic heterocycles. The number of methoxy groups -OCH3 is 1. The molecule has 130 valence electrons. The first-order chi connectivity index (χ1) is 9.53. The fourth-order valence-corrected chi connectivity index (χ4v) is 0.879. The van der Waals surface area contributed by atoms with Gasteiger partial charge < -0.3 is 26.8 Å². The average molecular weight is 459 g/mol. The molecule has 0 spiro atoms. The zero-order valence-corrected chi connectivity index (χ0v) is 14.2. The predicted molar refractivity (Wildman–Crippen MR) is 75.7 cm³/mol. The van der Waals surface area contributed by atoms with Crippen LogP contribution in [0.15, 0.2) is 24.3 Å². The minimum absolute atomic E-state index is 0. The molecule has 0 radical (unpaired) electrons. The van der Waals surface area contributed by atoms with Crippen LogP contribution in [0.5, 0.6) is 11.5 Å². The Kier molecular flexibility index (Phi) is 22.0. The molecule has 2 N–H and O–H groups in total. The molecule has 7 heteroatoms. The average Bonchev–Trinajstić information content (AvgIpc) is 2.48. The molecular weight excluding hydrogens is 435 g/mol. The van der Waals surface area contributed by atoms with Gasteiger partial charge in [-0.15, -0.1) is 0 Å². The predicted octanol–water partition coefficient (Wildman–Crippen LogP) is 2.89. The molecule has 4 nitrogen and oxygen atoms in total. The molecular formula is C14H23ErF2NO3-2. The number of nitrogens with one attached hydrogen (secondary N) is 1. The summed E-state index contributed by atoms with van der Waals surface area (Å²) in [4.78, 5) is 0. The van der Waals surface area contributed by atoms with Gasteiger partial charge in [-0.3, -0.25) is 7.05 Å². The van der Waals surface area contributed by atoms with Crippen molar-refractivity contribution in [3.63, 3.8) is 0 Å². The number of aliphatic hydroxyl groups excluding tert-OH is 1.